The van der Waals surface area contributed by atoms with E-state index in [2.05, 4.69) is 26.1 Å². The zero-order valence-electron chi connectivity index (χ0n) is 10.6. The van der Waals surface area contributed by atoms with E-state index in [4.69, 9.17) is 5.73 Å². The summed E-state index contributed by atoms with van der Waals surface area (Å²) in [5, 5.41) is 3.13. The second kappa shape index (κ2) is 5.41. The molecule has 0 saturated heterocycles. The van der Waals surface area contributed by atoms with Gasteiger partial charge in [0.05, 0.1) is 11.3 Å². The van der Waals surface area contributed by atoms with Crippen molar-refractivity contribution in [2.45, 2.75) is 56.7 Å². The van der Waals surface area contributed by atoms with Gasteiger partial charge in [-0.3, -0.25) is 4.79 Å². The molecule has 0 aromatic rings. The fourth-order valence-corrected chi connectivity index (χ4v) is 2.68. The van der Waals surface area contributed by atoms with Gasteiger partial charge in [-0.05, 0) is 12.8 Å². The molecule has 0 aromatic carbocycles. The first-order valence-corrected chi connectivity index (χ1v) is 7.00. The van der Waals surface area contributed by atoms with Crippen LogP contribution in [0.15, 0.2) is 0 Å². The molecule has 16 heavy (non-hydrogen) atoms. The largest absolute Gasteiger partial charge is 0.349 e. The molecule has 1 amide bonds. The predicted octanol–water partition coefficient (Wildman–Crippen LogP) is 1.91. The van der Waals surface area contributed by atoms with Crippen molar-refractivity contribution in [3.05, 3.63) is 0 Å². The number of nitrogens with two attached hydrogens (primary N) is 1. The van der Waals surface area contributed by atoms with E-state index in [0.717, 1.165) is 12.8 Å². The molecule has 94 valence electrons. The van der Waals surface area contributed by atoms with Crippen LogP contribution in [0.3, 0.4) is 0 Å². The second-order valence-corrected chi connectivity index (χ2v) is 7.44. The molecule has 1 saturated carbocycles. The Morgan fingerprint density at radius 1 is 1.38 bits per heavy atom. The van der Waals surface area contributed by atoms with Crippen molar-refractivity contribution in [3.8, 4) is 0 Å². The van der Waals surface area contributed by atoms with Crippen molar-refractivity contribution in [2.24, 2.45) is 5.73 Å². The SMILES string of the molecule is CC(C)(C)SCC(=O)NC1(CN)CCCC1. The lowest BCUT2D eigenvalue weighted by atomic mass is 9.98. The van der Waals surface area contributed by atoms with Gasteiger partial charge in [-0.25, -0.2) is 0 Å². The molecule has 0 spiro atoms. The Morgan fingerprint density at radius 3 is 2.38 bits per heavy atom. The molecule has 0 aromatic heterocycles. The van der Waals surface area contributed by atoms with Crippen molar-refractivity contribution >= 4 is 17.7 Å². The highest BCUT2D eigenvalue weighted by molar-refractivity contribution is 8.01. The summed E-state index contributed by atoms with van der Waals surface area (Å²) in [4.78, 5) is 11.8. The molecular weight excluding hydrogens is 220 g/mol. The summed E-state index contributed by atoms with van der Waals surface area (Å²) in [6.07, 6.45) is 4.44. The Kier molecular flexibility index (Phi) is 4.68. The van der Waals surface area contributed by atoms with E-state index in [1.165, 1.54) is 12.8 Å². The van der Waals surface area contributed by atoms with Crippen LogP contribution in [-0.4, -0.2) is 28.5 Å². The number of carbonyl (C=O) groups excluding carboxylic acids is 1. The van der Waals surface area contributed by atoms with Crippen molar-refractivity contribution in [1.82, 2.24) is 5.32 Å². The molecule has 0 unspecified atom stereocenters. The van der Waals surface area contributed by atoms with Crippen molar-refractivity contribution < 1.29 is 4.79 Å². The number of hydrogen-bond donors (Lipinski definition) is 2. The standard InChI is InChI=1S/C12H24N2OS/c1-11(2,3)16-8-10(15)14-12(9-13)6-4-5-7-12/h4-9,13H2,1-3H3,(H,14,15). The molecular formula is C12H24N2OS. The van der Waals surface area contributed by atoms with Gasteiger partial charge in [0.15, 0.2) is 0 Å². The van der Waals surface area contributed by atoms with E-state index < -0.39 is 0 Å². The Labute approximate surface area is 103 Å². The molecule has 3 N–H and O–H groups in total. The van der Waals surface area contributed by atoms with Gasteiger partial charge in [0.25, 0.3) is 0 Å². The van der Waals surface area contributed by atoms with E-state index in [0.29, 0.717) is 12.3 Å². The minimum absolute atomic E-state index is 0.102. The first kappa shape index (κ1) is 13.8. The smallest absolute Gasteiger partial charge is 0.230 e. The highest BCUT2D eigenvalue weighted by Crippen LogP contribution is 2.29. The van der Waals surface area contributed by atoms with Crippen LogP contribution in [0.2, 0.25) is 0 Å². The molecule has 1 fully saturated rings. The third kappa shape index (κ3) is 4.34. The number of rotatable bonds is 4. The quantitative estimate of drug-likeness (QED) is 0.794. The molecule has 4 heteroatoms. The van der Waals surface area contributed by atoms with Crippen molar-refractivity contribution in [3.63, 3.8) is 0 Å². The monoisotopic (exact) mass is 244 g/mol. The summed E-state index contributed by atoms with van der Waals surface area (Å²) in [7, 11) is 0. The molecule has 0 bridgehead atoms. The molecule has 1 aliphatic rings. The van der Waals surface area contributed by atoms with Gasteiger partial charge >= 0.3 is 0 Å². The summed E-state index contributed by atoms with van der Waals surface area (Å²) in [5.41, 5.74) is 5.68. The molecule has 1 aliphatic carbocycles. The Morgan fingerprint density at radius 2 is 1.94 bits per heavy atom. The number of thioether (sulfide) groups is 1. The van der Waals surface area contributed by atoms with Crippen LogP contribution in [0, 0.1) is 0 Å². The lowest BCUT2D eigenvalue weighted by Gasteiger charge is -2.29. The van der Waals surface area contributed by atoms with E-state index in [-0.39, 0.29) is 16.2 Å². The maximum Gasteiger partial charge on any atom is 0.230 e. The average Bonchev–Trinajstić information content (AvgIpc) is 2.63. The van der Waals surface area contributed by atoms with Crippen molar-refractivity contribution in [1.29, 1.82) is 0 Å². The van der Waals surface area contributed by atoms with Crippen LogP contribution in [0.1, 0.15) is 46.5 Å². The highest BCUT2D eigenvalue weighted by Gasteiger charge is 2.33. The molecule has 0 radical (unpaired) electrons. The topological polar surface area (TPSA) is 55.1 Å². The summed E-state index contributed by atoms with van der Waals surface area (Å²) in [6, 6.07) is 0. The van der Waals surface area contributed by atoms with E-state index in [1.807, 2.05) is 0 Å². The van der Waals surface area contributed by atoms with Gasteiger partial charge in [0, 0.05) is 11.3 Å². The lowest BCUT2D eigenvalue weighted by molar-refractivity contribution is -0.120. The Bertz CT molecular complexity index is 242. The summed E-state index contributed by atoms with van der Waals surface area (Å²) >= 11 is 1.68. The maximum atomic E-state index is 11.8. The normalized spacial score (nSPS) is 19.8. The van der Waals surface area contributed by atoms with Crippen LogP contribution in [0.25, 0.3) is 0 Å². The highest BCUT2D eigenvalue weighted by atomic mass is 32.2. The van der Waals surface area contributed by atoms with E-state index >= 15 is 0 Å². The van der Waals surface area contributed by atoms with Crippen LogP contribution in [0.5, 0.6) is 0 Å². The molecule has 0 heterocycles. The molecule has 0 aliphatic heterocycles. The summed E-state index contributed by atoms with van der Waals surface area (Å²) in [6.45, 7) is 6.94. The fraction of sp³-hybridized carbons (Fsp3) is 0.917. The minimum Gasteiger partial charge on any atom is -0.349 e. The Hall–Kier alpha value is -0.220. The maximum absolute atomic E-state index is 11.8. The third-order valence-electron chi connectivity index (χ3n) is 2.99. The zero-order valence-corrected chi connectivity index (χ0v) is 11.5. The van der Waals surface area contributed by atoms with E-state index in [1.54, 1.807) is 11.8 Å². The zero-order chi connectivity index (χ0) is 12.2. The molecule has 1 rings (SSSR count). The fourth-order valence-electron chi connectivity index (χ4n) is 2.05. The van der Waals surface area contributed by atoms with Crippen molar-refractivity contribution in [2.75, 3.05) is 12.3 Å². The van der Waals surface area contributed by atoms with Crippen LogP contribution >= 0.6 is 11.8 Å². The summed E-state index contributed by atoms with van der Waals surface area (Å²) in [5.74, 6) is 0.665. The van der Waals surface area contributed by atoms with Gasteiger partial charge in [-0.2, -0.15) is 0 Å². The predicted molar refractivity (Wildman–Crippen MR) is 70.6 cm³/mol. The summed E-state index contributed by atoms with van der Waals surface area (Å²) < 4.78 is 0.142. The lowest BCUT2D eigenvalue weighted by Crippen LogP contribution is -2.52. The number of nitrogens with one attached hydrogen (secondary N) is 1. The van der Waals surface area contributed by atoms with Gasteiger partial charge < -0.3 is 11.1 Å². The second-order valence-electron chi connectivity index (χ2n) is 5.64. The number of hydrogen-bond acceptors (Lipinski definition) is 3. The van der Waals surface area contributed by atoms with Crippen LogP contribution < -0.4 is 11.1 Å². The minimum atomic E-state index is -0.102. The van der Waals surface area contributed by atoms with Gasteiger partial charge in [-0.1, -0.05) is 33.6 Å². The van der Waals surface area contributed by atoms with Crippen LogP contribution in [0.4, 0.5) is 0 Å². The first-order valence-electron chi connectivity index (χ1n) is 6.02. The number of amides is 1. The molecule has 0 atom stereocenters. The van der Waals surface area contributed by atoms with Gasteiger partial charge in [-0.15, -0.1) is 11.8 Å². The Balaban J connectivity index is 2.38. The van der Waals surface area contributed by atoms with E-state index in [9.17, 15) is 4.79 Å². The van der Waals surface area contributed by atoms with Gasteiger partial charge in [0.2, 0.25) is 5.91 Å². The first-order chi connectivity index (χ1) is 7.37. The molecule has 3 nitrogen and oxygen atoms in total. The average molecular weight is 244 g/mol. The van der Waals surface area contributed by atoms with Gasteiger partial charge in [0.1, 0.15) is 0 Å². The number of carbonyl (C=O) groups is 1. The third-order valence-corrected chi connectivity index (χ3v) is 4.26. The van der Waals surface area contributed by atoms with Crippen LogP contribution in [-0.2, 0) is 4.79 Å².